The van der Waals surface area contributed by atoms with E-state index in [0.29, 0.717) is 11.4 Å². The second-order valence-electron chi connectivity index (χ2n) is 2.72. The first-order chi connectivity index (χ1) is 6.74. The van der Waals surface area contributed by atoms with Crippen molar-refractivity contribution >= 4 is 29.6 Å². The van der Waals surface area contributed by atoms with Crippen molar-refractivity contribution in [2.75, 3.05) is 0 Å². The number of rotatable bonds is 4. The highest BCUT2D eigenvalue weighted by molar-refractivity contribution is 7.95. The summed E-state index contributed by atoms with van der Waals surface area (Å²) in [6, 6.07) is 7.26. The molecular weight excluding hydrogens is 220 g/mol. The molecule has 4 heteroatoms. The minimum atomic E-state index is -0.211. The minimum absolute atomic E-state index is 0.211. The molecule has 0 N–H and O–H groups in total. The Labute approximate surface area is 92.8 Å². The van der Waals surface area contributed by atoms with Gasteiger partial charge in [-0.2, -0.15) is 0 Å². The summed E-state index contributed by atoms with van der Waals surface area (Å²) < 4.78 is 4.94. The van der Waals surface area contributed by atoms with E-state index in [2.05, 4.69) is 0 Å². The molecule has 0 aliphatic rings. The number of halogens is 1. The first kappa shape index (κ1) is 11.4. The van der Waals surface area contributed by atoms with Gasteiger partial charge >= 0.3 is 5.97 Å². The van der Waals surface area contributed by atoms with Crippen molar-refractivity contribution in [3.05, 3.63) is 29.3 Å². The topological polar surface area (TPSA) is 26.3 Å². The third-order valence-corrected chi connectivity index (χ3v) is 2.76. The molecule has 0 spiro atoms. The summed E-state index contributed by atoms with van der Waals surface area (Å²) in [4.78, 5) is 11.8. The molecule has 0 heterocycles. The molecule has 0 amide bonds. The third kappa shape index (κ3) is 3.60. The van der Waals surface area contributed by atoms with Crippen LogP contribution in [0.2, 0.25) is 5.02 Å². The van der Waals surface area contributed by atoms with Gasteiger partial charge in [0, 0.05) is 6.42 Å². The average Bonchev–Trinajstić information content (AvgIpc) is 2.17. The Balaban J connectivity index is 2.46. The Morgan fingerprint density at radius 3 is 2.86 bits per heavy atom. The molecule has 1 aromatic carbocycles. The zero-order valence-corrected chi connectivity index (χ0v) is 9.40. The monoisotopic (exact) mass is 230 g/mol. The molecule has 14 heavy (non-hydrogen) atoms. The normalized spacial score (nSPS) is 9.86. The van der Waals surface area contributed by atoms with Crippen LogP contribution in [0.1, 0.15) is 19.8 Å². The lowest BCUT2D eigenvalue weighted by atomic mass is 10.4. The van der Waals surface area contributed by atoms with Crippen LogP contribution in [-0.4, -0.2) is 5.97 Å². The molecule has 1 aromatic rings. The van der Waals surface area contributed by atoms with Crippen molar-refractivity contribution < 1.29 is 8.98 Å². The Morgan fingerprint density at radius 1 is 1.50 bits per heavy atom. The summed E-state index contributed by atoms with van der Waals surface area (Å²) in [5, 5.41) is 0.599. The smallest absolute Gasteiger partial charge is 0.318 e. The zero-order chi connectivity index (χ0) is 10.4. The molecule has 0 fully saturated rings. The predicted molar refractivity (Wildman–Crippen MR) is 58.3 cm³/mol. The molecule has 0 saturated carbocycles. The van der Waals surface area contributed by atoms with Gasteiger partial charge in [0.15, 0.2) is 0 Å². The van der Waals surface area contributed by atoms with E-state index in [9.17, 15) is 4.79 Å². The van der Waals surface area contributed by atoms with Crippen LogP contribution in [0.25, 0.3) is 0 Å². The average molecular weight is 231 g/mol. The molecule has 0 aliphatic heterocycles. The van der Waals surface area contributed by atoms with E-state index in [1.54, 1.807) is 6.07 Å². The Morgan fingerprint density at radius 2 is 2.21 bits per heavy atom. The maximum Gasteiger partial charge on any atom is 0.318 e. The Kier molecular flexibility index (Phi) is 4.84. The number of carbonyl (C=O) groups is 1. The highest BCUT2D eigenvalue weighted by atomic mass is 35.5. The van der Waals surface area contributed by atoms with E-state index >= 15 is 0 Å². The van der Waals surface area contributed by atoms with Gasteiger partial charge in [0.25, 0.3) is 0 Å². The molecule has 0 aromatic heterocycles. The van der Waals surface area contributed by atoms with Gasteiger partial charge in [0.1, 0.15) is 0 Å². The lowest BCUT2D eigenvalue weighted by molar-refractivity contribution is -0.133. The van der Waals surface area contributed by atoms with Gasteiger partial charge < -0.3 is 4.18 Å². The van der Waals surface area contributed by atoms with Crippen LogP contribution in [0, 0.1) is 0 Å². The molecule has 0 bridgehead atoms. The van der Waals surface area contributed by atoms with Crippen molar-refractivity contribution in [1.82, 2.24) is 0 Å². The summed E-state index contributed by atoms with van der Waals surface area (Å²) in [5.41, 5.74) is 0. The fraction of sp³-hybridized carbons (Fsp3) is 0.300. The zero-order valence-electron chi connectivity index (χ0n) is 7.83. The highest BCUT2D eigenvalue weighted by Gasteiger charge is 2.05. The quantitative estimate of drug-likeness (QED) is 0.738. The summed E-state index contributed by atoms with van der Waals surface area (Å²) >= 11 is 6.89. The molecule has 0 unspecified atom stereocenters. The molecule has 76 valence electrons. The Hall–Kier alpha value is -0.670. The molecule has 1 rings (SSSR count). The second kappa shape index (κ2) is 5.94. The fourth-order valence-corrected chi connectivity index (χ4v) is 1.63. The largest absolute Gasteiger partial charge is 0.386 e. The van der Waals surface area contributed by atoms with Crippen LogP contribution in [0.5, 0.6) is 0 Å². The van der Waals surface area contributed by atoms with Gasteiger partial charge in [-0.05, 0) is 18.6 Å². The SMILES string of the molecule is CCCC(=O)OSc1ccccc1Cl. The molecule has 0 atom stereocenters. The van der Waals surface area contributed by atoms with E-state index in [1.165, 1.54) is 0 Å². The van der Waals surface area contributed by atoms with Crippen LogP contribution in [0.3, 0.4) is 0 Å². The second-order valence-corrected chi connectivity index (χ2v) is 3.90. The standard InChI is InChI=1S/C10H11ClO2S/c1-2-5-10(12)13-14-9-7-4-3-6-8(9)11/h3-4,6-7H,2,5H2,1H3. The van der Waals surface area contributed by atoms with Crippen molar-refractivity contribution in [1.29, 1.82) is 0 Å². The van der Waals surface area contributed by atoms with Crippen molar-refractivity contribution in [3.63, 3.8) is 0 Å². The molecule has 2 nitrogen and oxygen atoms in total. The maximum absolute atomic E-state index is 11.0. The molecular formula is C10H11ClO2S. The predicted octanol–water partition coefficient (Wildman–Crippen LogP) is 3.69. The summed E-state index contributed by atoms with van der Waals surface area (Å²) in [7, 11) is 0. The van der Waals surface area contributed by atoms with Crippen LogP contribution in [-0.2, 0) is 8.98 Å². The van der Waals surface area contributed by atoms with Gasteiger partial charge in [-0.25, -0.2) is 0 Å². The number of benzene rings is 1. The van der Waals surface area contributed by atoms with E-state index in [4.69, 9.17) is 15.8 Å². The fourth-order valence-electron chi connectivity index (χ4n) is 0.849. The third-order valence-electron chi connectivity index (χ3n) is 1.52. The van der Waals surface area contributed by atoms with Gasteiger partial charge in [-0.3, -0.25) is 4.79 Å². The number of hydrogen-bond acceptors (Lipinski definition) is 3. The number of carbonyl (C=O) groups excluding carboxylic acids is 1. The first-order valence-corrected chi connectivity index (χ1v) is 5.48. The summed E-state index contributed by atoms with van der Waals surface area (Å²) in [6.07, 6.45) is 1.24. The molecule has 0 aliphatic carbocycles. The number of hydrogen-bond donors (Lipinski definition) is 0. The van der Waals surface area contributed by atoms with Crippen molar-refractivity contribution in [2.45, 2.75) is 24.7 Å². The highest BCUT2D eigenvalue weighted by Crippen LogP contribution is 2.27. The van der Waals surface area contributed by atoms with Crippen LogP contribution >= 0.6 is 23.6 Å². The van der Waals surface area contributed by atoms with Gasteiger partial charge in [0.2, 0.25) is 0 Å². The van der Waals surface area contributed by atoms with E-state index < -0.39 is 0 Å². The van der Waals surface area contributed by atoms with Gasteiger partial charge in [0.05, 0.1) is 22.0 Å². The summed E-state index contributed by atoms with van der Waals surface area (Å²) in [6.45, 7) is 1.93. The Bertz CT molecular complexity index is 315. The minimum Gasteiger partial charge on any atom is -0.386 e. The molecule has 0 saturated heterocycles. The van der Waals surface area contributed by atoms with E-state index in [-0.39, 0.29) is 5.97 Å². The van der Waals surface area contributed by atoms with Crippen LogP contribution in [0.15, 0.2) is 29.2 Å². The van der Waals surface area contributed by atoms with E-state index in [1.807, 2.05) is 25.1 Å². The maximum atomic E-state index is 11.0. The van der Waals surface area contributed by atoms with Gasteiger partial charge in [-0.15, -0.1) is 0 Å². The van der Waals surface area contributed by atoms with Crippen molar-refractivity contribution in [3.8, 4) is 0 Å². The lowest BCUT2D eigenvalue weighted by Crippen LogP contribution is -1.96. The van der Waals surface area contributed by atoms with Crippen LogP contribution in [0.4, 0.5) is 0 Å². The van der Waals surface area contributed by atoms with Crippen LogP contribution < -0.4 is 0 Å². The van der Waals surface area contributed by atoms with Crippen molar-refractivity contribution in [2.24, 2.45) is 0 Å². The van der Waals surface area contributed by atoms with Gasteiger partial charge in [-0.1, -0.05) is 30.7 Å². The summed E-state index contributed by atoms with van der Waals surface area (Å²) in [5.74, 6) is -0.211. The molecule has 0 radical (unpaired) electrons. The van der Waals surface area contributed by atoms with E-state index in [0.717, 1.165) is 23.4 Å². The first-order valence-electron chi connectivity index (χ1n) is 4.36. The lowest BCUT2D eigenvalue weighted by Gasteiger charge is -2.02.